The molecule has 1 aromatic heterocycles. The van der Waals surface area contributed by atoms with Crippen LogP contribution >= 0.6 is 0 Å². The quantitative estimate of drug-likeness (QED) is 0.0524. The molecule has 8 unspecified atom stereocenters. The number of aromatic hydroxyl groups is 3. The smallest absolute Gasteiger partial charge is 0.355 e. The summed E-state index contributed by atoms with van der Waals surface area (Å²) in [7, 11) is 0. The van der Waals surface area contributed by atoms with Gasteiger partial charge in [0.15, 0.2) is 23.1 Å². The number of anilines is 1. The Morgan fingerprint density at radius 3 is 2.38 bits per heavy atom. The number of aliphatic hydroxyl groups excluding tert-OH is 5. The van der Waals surface area contributed by atoms with Crippen molar-refractivity contribution in [1.82, 2.24) is 9.97 Å². The second-order valence-corrected chi connectivity index (χ2v) is 16.9. The van der Waals surface area contributed by atoms with Gasteiger partial charge in [0.1, 0.15) is 29.8 Å². The fourth-order valence-electron chi connectivity index (χ4n) is 10.5. The molecule has 4 aliphatic rings. The minimum Gasteiger partial charge on any atom is -0.508 e. The highest BCUT2D eigenvalue weighted by atomic mass is 16.8. The van der Waals surface area contributed by atoms with Crippen LogP contribution in [0.5, 0.6) is 23.0 Å². The van der Waals surface area contributed by atoms with E-state index >= 15 is 4.79 Å². The van der Waals surface area contributed by atoms with E-state index in [1.807, 2.05) is 6.07 Å². The van der Waals surface area contributed by atoms with Gasteiger partial charge in [-0.15, -0.1) is 0 Å². The number of aromatic nitrogens is 2. The number of carbonyl (C=O) groups is 2. The van der Waals surface area contributed by atoms with Gasteiger partial charge in [0.05, 0.1) is 18.6 Å². The van der Waals surface area contributed by atoms with Gasteiger partial charge < -0.3 is 65.5 Å². The fourth-order valence-corrected chi connectivity index (χ4v) is 10.5. The molecule has 1 saturated heterocycles. The Balaban J connectivity index is 1.31. The van der Waals surface area contributed by atoms with Gasteiger partial charge in [0, 0.05) is 59.5 Å². The van der Waals surface area contributed by atoms with Crippen LogP contribution in [-0.2, 0) is 26.2 Å². The van der Waals surface area contributed by atoms with Crippen LogP contribution in [0.25, 0.3) is 6.08 Å². The number of nitrogens with one attached hydrogen (secondary N) is 1. The van der Waals surface area contributed by atoms with Crippen molar-refractivity contribution in [3.63, 3.8) is 0 Å². The second kappa shape index (κ2) is 17.1. The van der Waals surface area contributed by atoms with Crippen LogP contribution < -0.4 is 9.64 Å². The minimum absolute atomic E-state index is 0.00116. The van der Waals surface area contributed by atoms with Gasteiger partial charge in [-0.3, -0.25) is 9.69 Å². The number of H-pyrrole nitrogens is 1. The summed E-state index contributed by atoms with van der Waals surface area (Å²) in [4.78, 5) is 37.4. The van der Waals surface area contributed by atoms with E-state index in [1.165, 1.54) is 30.6 Å². The molecule has 63 heavy (non-hydrogen) atoms. The van der Waals surface area contributed by atoms with Gasteiger partial charge in [0.2, 0.25) is 0 Å². The number of rotatable bonds is 13. The summed E-state index contributed by atoms with van der Waals surface area (Å²) in [6, 6.07) is 13.9. The van der Waals surface area contributed by atoms with Crippen LogP contribution in [0.3, 0.4) is 0 Å². The van der Waals surface area contributed by atoms with Crippen molar-refractivity contribution in [2.24, 2.45) is 5.92 Å². The monoisotopic (exact) mass is 869 g/mol. The Morgan fingerprint density at radius 2 is 1.70 bits per heavy atom. The molecule has 8 rings (SSSR count). The molecule has 11 N–H and O–H groups in total. The first-order valence-corrected chi connectivity index (χ1v) is 21.0. The number of ether oxygens (including phenoxy) is 2. The molecule has 1 saturated carbocycles. The topological polar surface area (TPSA) is 287 Å². The fraction of sp³-hybridized carbons (Fsp3) is 0.413. The number of benzene rings is 3. The number of phenols is 3. The highest BCUT2D eigenvalue weighted by Crippen LogP contribution is 2.67. The molecule has 3 heterocycles. The third-order valence-corrected chi connectivity index (χ3v) is 13.3. The number of allylic oxidation sites excluding steroid dienone is 1. The zero-order chi connectivity index (χ0) is 44.8. The van der Waals surface area contributed by atoms with Crippen molar-refractivity contribution >= 4 is 23.6 Å². The Hall–Kier alpha value is -5.79. The number of aromatic amines is 1. The van der Waals surface area contributed by atoms with E-state index in [2.05, 4.69) is 9.97 Å². The number of aliphatic carboxylic acids is 1. The van der Waals surface area contributed by atoms with E-state index in [0.717, 1.165) is 35.9 Å². The summed E-state index contributed by atoms with van der Waals surface area (Å²) < 4.78 is 11.0. The van der Waals surface area contributed by atoms with E-state index in [9.17, 15) is 55.9 Å². The predicted octanol–water partition coefficient (Wildman–Crippen LogP) is 2.81. The lowest BCUT2D eigenvalue weighted by atomic mass is 9.56. The molecular weight excluding hydrogens is 819 g/mol. The molecule has 8 atom stereocenters. The summed E-state index contributed by atoms with van der Waals surface area (Å²) in [5.41, 5.74) is 0.0516. The number of aliphatic hydroxyl groups is 6. The number of carbonyl (C=O) groups excluding carboxylic acids is 1. The zero-order valence-electron chi connectivity index (χ0n) is 34.1. The highest BCUT2D eigenvalue weighted by Gasteiger charge is 2.68. The van der Waals surface area contributed by atoms with Crippen LogP contribution in [0.2, 0.25) is 0 Å². The molecule has 4 aromatic rings. The molecule has 2 aliphatic carbocycles. The van der Waals surface area contributed by atoms with Crippen LogP contribution in [0, 0.1) is 5.92 Å². The third-order valence-electron chi connectivity index (χ3n) is 13.3. The Morgan fingerprint density at radius 1 is 0.937 bits per heavy atom. The number of carboxylic acid groups (broad SMARTS) is 1. The lowest BCUT2D eigenvalue weighted by Crippen LogP contribution is -2.67. The average molecular weight is 870 g/mol. The highest BCUT2D eigenvalue weighted by molar-refractivity contribution is 6.13. The van der Waals surface area contributed by atoms with Crippen molar-refractivity contribution < 1.29 is 70.1 Å². The average Bonchev–Trinajstić information content (AvgIpc) is 3.98. The van der Waals surface area contributed by atoms with Crippen LogP contribution in [0.4, 0.5) is 5.69 Å². The third kappa shape index (κ3) is 7.42. The first-order chi connectivity index (χ1) is 30.2. The summed E-state index contributed by atoms with van der Waals surface area (Å²) in [5, 5.41) is 109. The van der Waals surface area contributed by atoms with Gasteiger partial charge >= 0.3 is 11.9 Å². The number of hydrogen-bond donors (Lipinski definition) is 11. The van der Waals surface area contributed by atoms with Crippen molar-refractivity contribution in [2.75, 3.05) is 18.1 Å². The maximum Gasteiger partial charge on any atom is 0.355 e. The number of imidazole rings is 1. The Bertz CT molecular complexity index is 2410. The number of hydrogen-bond acceptors (Lipinski definition) is 14. The zero-order valence-corrected chi connectivity index (χ0v) is 34.1. The molecule has 1 amide bonds. The number of nitrogens with zero attached hydrogens (tertiary/aromatic N) is 2. The first-order valence-electron chi connectivity index (χ1n) is 21.0. The van der Waals surface area contributed by atoms with Crippen LogP contribution in [0.1, 0.15) is 78.8 Å². The van der Waals surface area contributed by atoms with E-state index < -0.39 is 83.2 Å². The Kier molecular flexibility index (Phi) is 11.9. The maximum atomic E-state index is 15.0. The van der Waals surface area contributed by atoms with Crippen molar-refractivity contribution in [3.05, 3.63) is 113 Å². The summed E-state index contributed by atoms with van der Waals surface area (Å²) >= 11 is 0. The van der Waals surface area contributed by atoms with Crippen LogP contribution in [-0.4, -0.2) is 122 Å². The van der Waals surface area contributed by atoms with Gasteiger partial charge in [-0.1, -0.05) is 49.1 Å². The molecule has 0 bridgehead atoms. The van der Waals surface area contributed by atoms with Crippen molar-refractivity contribution in [3.8, 4) is 23.0 Å². The molecule has 334 valence electrons. The number of carboxylic acids is 1. The van der Waals surface area contributed by atoms with Crippen molar-refractivity contribution in [1.29, 1.82) is 0 Å². The number of amides is 1. The summed E-state index contributed by atoms with van der Waals surface area (Å²) in [5.74, 6) is -8.52. The van der Waals surface area contributed by atoms with Gasteiger partial charge in [0.25, 0.3) is 5.91 Å². The lowest BCUT2D eigenvalue weighted by Gasteiger charge is -2.47. The predicted molar refractivity (Wildman–Crippen MR) is 224 cm³/mol. The molecular formula is C46H51N3O14. The largest absolute Gasteiger partial charge is 0.508 e. The molecule has 3 aromatic carbocycles. The van der Waals surface area contributed by atoms with E-state index in [1.54, 1.807) is 42.6 Å². The standard InChI is InChI=1S/C46H51N3O14/c50-16-6-7-26-21-45(43(59)60)39(38(26)44(14-4-1-5-15-44)30-8-2-3-9-33(30)53)29-19-34(54)35(62-46(61)42(58)41(57)40(56)36(23-51)63-46)20-31(29)49(45)37(55)13-11-25-10-12-32(52)27(17-25)18-28-22-47-24-48-28/h2-3,8-13,17,19-22,24,36,38-42,50-54,56-58,61H,1,4-7,14-16,18,23H2,(H,47,48)(H,59,60). The SMILES string of the molecule is O=C(C=Cc1ccc(O)c(Cc2cnc[nH]2)c1)N1c2cc(OC3(O)OC(CO)C(O)C(O)C3O)c(O)cc2C2C(C3(c4ccccc4O)CCCCC3)C(CCCO)=CC21C(=O)O. The number of para-hydroxylation sites is 1. The second-order valence-electron chi connectivity index (χ2n) is 16.9. The molecule has 2 fully saturated rings. The summed E-state index contributed by atoms with van der Waals surface area (Å²) in [6.45, 7) is -1.13. The normalized spacial score (nSPS) is 28.7. The number of phenolic OH excluding ortho intramolecular Hbond substituents is 3. The molecule has 17 nitrogen and oxygen atoms in total. The number of fused-ring (bicyclic) bond motifs is 3. The van der Waals surface area contributed by atoms with E-state index in [4.69, 9.17) is 9.47 Å². The molecule has 0 spiro atoms. The Labute approximate surface area is 361 Å². The van der Waals surface area contributed by atoms with E-state index in [-0.39, 0.29) is 42.2 Å². The summed E-state index contributed by atoms with van der Waals surface area (Å²) in [6.07, 6.45) is 3.64. The van der Waals surface area contributed by atoms with Crippen molar-refractivity contribution in [2.45, 2.75) is 98.6 Å². The van der Waals surface area contributed by atoms with Gasteiger partial charge in [-0.05, 0) is 79.1 Å². The van der Waals surface area contributed by atoms with Gasteiger partial charge in [-0.2, -0.15) is 0 Å². The maximum absolute atomic E-state index is 15.0. The molecule has 17 heteroatoms. The van der Waals surface area contributed by atoms with Gasteiger partial charge in [-0.25, -0.2) is 9.78 Å². The minimum atomic E-state index is -3.17. The van der Waals surface area contributed by atoms with E-state index in [0.29, 0.717) is 41.5 Å². The molecule has 2 aliphatic heterocycles. The first kappa shape index (κ1) is 43.8. The molecule has 0 radical (unpaired) electrons. The van der Waals surface area contributed by atoms with Crippen LogP contribution in [0.15, 0.2) is 84.8 Å². The lowest BCUT2D eigenvalue weighted by molar-refractivity contribution is -0.422.